The van der Waals surface area contributed by atoms with E-state index in [2.05, 4.69) is 25.4 Å². The average Bonchev–Trinajstić information content (AvgIpc) is 2.61. The average molecular weight is 333 g/mol. The third-order valence-corrected chi connectivity index (χ3v) is 3.86. The number of nitrogens with zero attached hydrogens (tertiary/aromatic N) is 3. The lowest BCUT2D eigenvalue weighted by Crippen LogP contribution is -2.37. The molecule has 1 aromatic heterocycles. The van der Waals surface area contributed by atoms with Crippen molar-refractivity contribution in [3.05, 3.63) is 40.4 Å². The molecule has 1 aliphatic heterocycles. The van der Waals surface area contributed by atoms with Crippen LogP contribution in [0.25, 0.3) is 11.3 Å². The molecule has 1 aliphatic rings. The summed E-state index contributed by atoms with van der Waals surface area (Å²) >= 11 is 0. The SMILES string of the molecule is O=c1[nH]c(NCCCN2CCOCC2)nnc1-c1ccc(F)cc1. The molecule has 8 heteroatoms. The number of morpholine rings is 1. The molecule has 2 N–H and O–H groups in total. The topological polar surface area (TPSA) is 83.1 Å². The highest BCUT2D eigenvalue weighted by atomic mass is 19.1. The van der Waals surface area contributed by atoms with Gasteiger partial charge in [0.1, 0.15) is 5.82 Å². The quantitative estimate of drug-likeness (QED) is 0.771. The van der Waals surface area contributed by atoms with Crippen molar-refractivity contribution in [1.82, 2.24) is 20.1 Å². The Labute approximate surface area is 138 Å². The summed E-state index contributed by atoms with van der Waals surface area (Å²) in [6.45, 7) is 5.17. The second-order valence-corrected chi connectivity index (χ2v) is 5.59. The second-order valence-electron chi connectivity index (χ2n) is 5.59. The molecule has 24 heavy (non-hydrogen) atoms. The summed E-state index contributed by atoms with van der Waals surface area (Å²) < 4.78 is 18.2. The lowest BCUT2D eigenvalue weighted by Gasteiger charge is -2.26. The van der Waals surface area contributed by atoms with E-state index in [1.54, 1.807) is 0 Å². The minimum absolute atomic E-state index is 0.175. The van der Waals surface area contributed by atoms with Gasteiger partial charge in [0.15, 0.2) is 5.69 Å². The molecule has 2 aromatic rings. The first-order chi connectivity index (χ1) is 11.7. The van der Waals surface area contributed by atoms with E-state index in [-0.39, 0.29) is 17.1 Å². The molecule has 0 unspecified atom stereocenters. The van der Waals surface area contributed by atoms with Gasteiger partial charge in [0, 0.05) is 25.2 Å². The van der Waals surface area contributed by atoms with Gasteiger partial charge in [0.2, 0.25) is 5.95 Å². The number of anilines is 1. The Morgan fingerprint density at radius 2 is 1.96 bits per heavy atom. The van der Waals surface area contributed by atoms with E-state index >= 15 is 0 Å². The molecule has 0 aliphatic carbocycles. The maximum atomic E-state index is 12.9. The lowest BCUT2D eigenvalue weighted by atomic mass is 10.2. The number of hydrogen-bond donors (Lipinski definition) is 2. The van der Waals surface area contributed by atoms with Crippen LogP contribution in [-0.4, -0.2) is 59.5 Å². The van der Waals surface area contributed by atoms with Gasteiger partial charge in [-0.1, -0.05) is 0 Å². The molecule has 0 saturated carbocycles. The maximum absolute atomic E-state index is 12.9. The third kappa shape index (κ3) is 4.36. The van der Waals surface area contributed by atoms with Crippen molar-refractivity contribution in [2.75, 3.05) is 44.7 Å². The number of aromatic amines is 1. The number of halogens is 1. The predicted octanol–water partition coefficient (Wildman–Crippen LogP) is 1.11. The van der Waals surface area contributed by atoms with E-state index in [4.69, 9.17) is 4.74 Å². The molecule has 1 saturated heterocycles. The number of rotatable bonds is 6. The molecule has 2 heterocycles. The van der Waals surface area contributed by atoms with E-state index in [9.17, 15) is 9.18 Å². The summed E-state index contributed by atoms with van der Waals surface area (Å²) in [7, 11) is 0. The summed E-state index contributed by atoms with van der Waals surface area (Å²) in [5.74, 6) is -0.0190. The van der Waals surface area contributed by atoms with Crippen LogP contribution in [0.3, 0.4) is 0 Å². The molecule has 7 nitrogen and oxygen atoms in total. The maximum Gasteiger partial charge on any atom is 0.279 e. The van der Waals surface area contributed by atoms with E-state index in [1.165, 1.54) is 24.3 Å². The van der Waals surface area contributed by atoms with Gasteiger partial charge in [0.25, 0.3) is 5.56 Å². The van der Waals surface area contributed by atoms with Crippen LogP contribution in [0.2, 0.25) is 0 Å². The number of ether oxygens (including phenoxy) is 1. The minimum atomic E-state index is -0.360. The second kappa shape index (κ2) is 7.98. The highest BCUT2D eigenvalue weighted by Crippen LogP contribution is 2.12. The zero-order valence-corrected chi connectivity index (χ0v) is 13.3. The Morgan fingerprint density at radius 3 is 2.67 bits per heavy atom. The van der Waals surface area contributed by atoms with Gasteiger partial charge in [-0.3, -0.25) is 14.7 Å². The van der Waals surface area contributed by atoms with Crippen LogP contribution in [0.4, 0.5) is 10.3 Å². The van der Waals surface area contributed by atoms with E-state index in [0.29, 0.717) is 18.1 Å². The van der Waals surface area contributed by atoms with E-state index in [0.717, 1.165) is 39.3 Å². The Bertz CT molecular complexity index is 713. The van der Waals surface area contributed by atoms with Crippen molar-refractivity contribution in [3.63, 3.8) is 0 Å². The van der Waals surface area contributed by atoms with Gasteiger partial charge >= 0.3 is 0 Å². The lowest BCUT2D eigenvalue weighted by molar-refractivity contribution is 0.0378. The van der Waals surface area contributed by atoms with Crippen molar-refractivity contribution in [1.29, 1.82) is 0 Å². The molecular formula is C16H20FN5O2. The van der Waals surface area contributed by atoms with Crippen LogP contribution in [0.15, 0.2) is 29.1 Å². The molecule has 1 fully saturated rings. The van der Waals surface area contributed by atoms with Gasteiger partial charge < -0.3 is 10.1 Å². The highest BCUT2D eigenvalue weighted by molar-refractivity contribution is 5.57. The first kappa shape index (κ1) is 16.5. The summed E-state index contributed by atoms with van der Waals surface area (Å²) in [6, 6.07) is 5.58. The molecule has 3 rings (SSSR count). The number of hydrogen-bond acceptors (Lipinski definition) is 6. The van der Waals surface area contributed by atoms with E-state index in [1.807, 2.05) is 0 Å². The Kier molecular flexibility index (Phi) is 5.50. The zero-order valence-electron chi connectivity index (χ0n) is 13.3. The van der Waals surface area contributed by atoms with Gasteiger partial charge in [0.05, 0.1) is 13.2 Å². The summed E-state index contributed by atoms with van der Waals surface area (Å²) in [5, 5.41) is 11.0. The first-order valence-corrected chi connectivity index (χ1v) is 7.99. The Hall–Kier alpha value is -2.32. The minimum Gasteiger partial charge on any atom is -0.379 e. The van der Waals surface area contributed by atoms with Gasteiger partial charge in [-0.15, -0.1) is 10.2 Å². The van der Waals surface area contributed by atoms with Crippen LogP contribution >= 0.6 is 0 Å². The highest BCUT2D eigenvalue weighted by Gasteiger charge is 2.10. The predicted molar refractivity (Wildman–Crippen MR) is 88.4 cm³/mol. The van der Waals surface area contributed by atoms with Crippen LogP contribution in [0.1, 0.15) is 6.42 Å². The molecule has 128 valence electrons. The molecule has 0 bridgehead atoms. The monoisotopic (exact) mass is 333 g/mol. The molecule has 1 aromatic carbocycles. The van der Waals surface area contributed by atoms with Crippen LogP contribution in [0.5, 0.6) is 0 Å². The van der Waals surface area contributed by atoms with Gasteiger partial charge in [-0.25, -0.2) is 4.39 Å². The van der Waals surface area contributed by atoms with Crippen LogP contribution in [-0.2, 0) is 4.74 Å². The largest absolute Gasteiger partial charge is 0.379 e. The van der Waals surface area contributed by atoms with Crippen LogP contribution in [0, 0.1) is 5.82 Å². The fourth-order valence-electron chi connectivity index (χ4n) is 2.55. The normalized spacial score (nSPS) is 15.4. The summed E-state index contributed by atoms with van der Waals surface area (Å²) in [6.07, 6.45) is 0.934. The van der Waals surface area contributed by atoms with Crippen molar-refractivity contribution in [2.45, 2.75) is 6.42 Å². The van der Waals surface area contributed by atoms with Crippen molar-refractivity contribution >= 4 is 5.95 Å². The molecule has 0 radical (unpaired) electrons. The summed E-state index contributed by atoms with van der Waals surface area (Å²) in [5.41, 5.74) is 0.352. The zero-order chi connectivity index (χ0) is 16.8. The first-order valence-electron chi connectivity index (χ1n) is 7.99. The smallest absolute Gasteiger partial charge is 0.279 e. The molecular weight excluding hydrogens is 313 g/mol. The number of nitrogens with one attached hydrogen (secondary N) is 2. The van der Waals surface area contributed by atoms with Gasteiger partial charge in [-0.2, -0.15) is 0 Å². The Balaban J connectivity index is 1.52. The number of benzene rings is 1. The third-order valence-electron chi connectivity index (χ3n) is 3.86. The summed E-state index contributed by atoms with van der Waals surface area (Å²) in [4.78, 5) is 17.1. The van der Waals surface area contributed by atoms with Crippen molar-refractivity contribution in [3.8, 4) is 11.3 Å². The molecule has 0 atom stereocenters. The molecule has 0 spiro atoms. The fraction of sp³-hybridized carbons (Fsp3) is 0.438. The fourth-order valence-corrected chi connectivity index (χ4v) is 2.55. The number of aromatic nitrogens is 3. The Morgan fingerprint density at radius 1 is 1.21 bits per heavy atom. The number of H-pyrrole nitrogens is 1. The van der Waals surface area contributed by atoms with E-state index < -0.39 is 0 Å². The van der Waals surface area contributed by atoms with Gasteiger partial charge in [-0.05, 0) is 37.2 Å². The van der Waals surface area contributed by atoms with Crippen LogP contribution < -0.4 is 10.9 Å². The standard InChI is InChI=1S/C16H20FN5O2/c17-13-4-2-12(3-5-13)14-15(23)19-16(21-20-14)18-6-1-7-22-8-10-24-11-9-22/h2-5H,1,6-11H2,(H2,18,19,21,23). The molecule has 0 amide bonds. The van der Waals surface area contributed by atoms with Crippen molar-refractivity contribution < 1.29 is 9.13 Å². The van der Waals surface area contributed by atoms with Crippen molar-refractivity contribution in [2.24, 2.45) is 0 Å².